The second kappa shape index (κ2) is 8.49. The fourth-order valence-electron chi connectivity index (χ4n) is 2.59. The lowest BCUT2D eigenvalue weighted by molar-refractivity contribution is -0.140. The zero-order valence-electron chi connectivity index (χ0n) is 15.0. The monoisotopic (exact) mass is 480 g/mol. The highest BCUT2D eigenvalue weighted by molar-refractivity contribution is 6.64. The number of rotatable bonds is 5. The van der Waals surface area contributed by atoms with Crippen LogP contribution in [0, 0.1) is 5.82 Å². The van der Waals surface area contributed by atoms with Crippen LogP contribution in [0.2, 0.25) is 10.0 Å². The predicted molar refractivity (Wildman–Crippen MR) is 106 cm³/mol. The van der Waals surface area contributed by atoms with Crippen LogP contribution in [0.1, 0.15) is 12.5 Å². The molecule has 1 atom stereocenters. The highest BCUT2D eigenvalue weighted by Gasteiger charge is 2.37. The van der Waals surface area contributed by atoms with Gasteiger partial charge in [0, 0.05) is 0 Å². The van der Waals surface area contributed by atoms with Crippen LogP contribution in [-0.2, 0) is 11.0 Å². The summed E-state index contributed by atoms with van der Waals surface area (Å²) >= 11 is 17.0. The first-order chi connectivity index (χ1) is 14.0. The Balaban J connectivity index is 1.96. The zero-order valence-corrected chi connectivity index (χ0v) is 17.3. The molecule has 0 radical (unpaired) electrons. The van der Waals surface area contributed by atoms with Gasteiger partial charge in [0.1, 0.15) is 16.5 Å². The van der Waals surface area contributed by atoms with Gasteiger partial charge in [0.05, 0.1) is 10.6 Å². The van der Waals surface area contributed by atoms with Crippen LogP contribution in [0.15, 0.2) is 42.5 Å². The van der Waals surface area contributed by atoms with Crippen LogP contribution in [0.3, 0.4) is 0 Å². The van der Waals surface area contributed by atoms with Gasteiger partial charge in [-0.25, -0.2) is 4.39 Å². The molecule has 0 aliphatic rings. The molecule has 0 saturated carbocycles. The van der Waals surface area contributed by atoms with E-state index < -0.39 is 44.7 Å². The van der Waals surface area contributed by atoms with Crippen molar-refractivity contribution in [3.63, 3.8) is 0 Å². The van der Waals surface area contributed by atoms with Crippen molar-refractivity contribution in [1.29, 1.82) is 0 Å². The molecule has 3 nitrogen and oxygen atoms in total. The fraction of sp³-hybridized carbons (Fsp3) is 0.150. The van der Waals surface area contributed by atoms with Crippen LogP contribution < -0.4 is 9.47 Å². The number of carbonyl (C=O) groups excluding carboxylic acids is 1. The lowest BCUT2D eigenvalue weighted by Crippen LogP contribution is -2.18. The number of benzene rings is 3. The van der Waals surface area contributed by atoms with Gasteiger partial charge in [-0.05, 0) is 59.6 Å². The van der Waals surface area contributed by atoms with E-state index in [2.05, 4.69) is 0 Å². The summed E-state index contributed by atoms with van der Waals surface area (Å²) in [6, 6.07) is 10.1. The predicted octanol–water partition coefficient (Wildman–Crippen LogP) is 7.63. The molecule has 0 spiro atoms. The van der Waals surface area contributed by atoms with E-state index in [0.29, 0.717) is 17.2 Å². The van der Waals surface area contributed by atoms with Crippen molar-refractivity contribution in [2.24, 2.45) is 0 Å². The number of hydrogen-bond acceptors (Lipinski definition) is 3. The molecule has 3 aromatic rings. The SMILES string of the molecule is CC(Oc1ccc2ccc(Oc3c(Cl)cc(C(F)(F)F)c(F)c3Cl)cc2c1)C(=O)Cl. The van der Waals surface area contributed by atoms with Gasteiger partial charge < -0.3 is 9.47 Å². The molecule has 0 aliphatic heterocycles. The summed E-state index contributed by atoms with van der Waals surface area (Å²) in [4.78, 5) is 11.1. The number of hydrogen-bond donors (Lipinski definition) is 0. The first-order valence-electron chi connectivity index (χ1n) is 8.29. The highest BCUT2D eigenvalue weighted by atomic mass is 35.5. The van der Waals surface area contributed by atoms with Gasteiger partial charge in [0.15, 0.2) is 17.7 Å². The Kier molecular flexibility index (Phi) is 6.36. The molecule has 3 aromatic carbocycles. The van der Waals surface area contributed by atoms with Crippen molar-refractivity contribution in [3.05, 3.63) is 63.9 Å². The van der Waals surface area contributed by atoms with Gasteiger partial charge in [-0.15, -0.1) is 0 Å². The number of alkyl halides is 3. The molecule has 30 heavy (non-hydrogen) atoms. The fourth-order valence-corrected chi connectivity index (χ4v) is 3.16. The van der Waals surface area contributed by atoms with Gasteiger partial charge in [-0.3, -0.25) is 4.79 Å². The second-order valence-corrected chi connectivity index (χ2v) is 7.36. The third-order valence-electron chi connectivity index (χ3n) is 4.06. The van der Waals surface area contributed by atoms with Crippen molar-refractivity contribution < 1.29 is 31.8 Å². The van der Waals surface area contributed by atoms with E-state index in [1.807, 2.05) is 0 Å². The van der Waals surface area contributed by atoms with E-state index in [1.165, 1.54) is 19.1 Å². The van der Waals surface area contributed by atoms with E-state index in [0.717, 1.165) is 5.39 Å². The van der Waals surface area contributed by atoms with Crippen LogP contribution >= 0.6 is 34.8 Å². The Bertz CT molecular complexity index is 1130. The number of ether oxygens (including phenoxy) is 2. The lowest BCUT2D eigenvalue weighted by Gasteiger charge is -2.15. The number of carbonyl (C=O) groups is 1. The van der Waals surface area contributed by atoms with E-state index in [9.17, 15) is 22.4 Å². The lowest BCUT2D eigenvalue weighted by atomic mass is 10.1. The average molecular weight is 482 g/mol. The zero-order chi connectivity index (χ0) is 22.2. The molecule has 0 saturated heterocycles. The maximum Gasteiger partial charge on any atom is 0.419 e. The minimum Gasteiger partial charge on any atom is -0.482 e. The Hall–Kier alpha value is -2.22. The Morgan fingerprint density at radius 3 is 2.20 bits per heavy atom. The standard InChI is InChI=1S/C20H11Cl3F4O3/c1-9(19(23)28)29-12-4-2-10-3-5-13(7-11(10)6-12)30-18-15(21)8-14(20(25,26)27)17(24)16(18)22/h2-9H,1H3. The summed E-state index contributed by atoms with van der Waals surface area (Å²) in [5.41, 5.74) is -1.59. The molecule has 3 rings (SSSR count). The quantitative estimate of drug-likeness (QED) is 0.213. The molecule has 0 N–H and O–H groups in total. The number of fused-ring (bicyclic) bond motifs is 1. The van der Waals surface area contributed by atoms with Crippen molar-refractivity contribution in [2.75, 3.05) is 0 Å². The molecular weight excluding hydrogens is 471 g/mol. The third-order valence-corrected chi connectivity index (χ3v) is 4.98. The molecule has 158 valence electrons. The highest BCUT2D eigenvalue weighted by Crippen LogP contribution is 2.44. The first kappa shape index (κ1) is 22.5. The minimum absolute atomic E-state index is 0.143. The van der Waals surface area contributed by atoms with Gasteiger partial charge in [0.25, 0.3) is 5.24 Å². The Morgan fingerprint density at radius 2 is 1.60 bits per heavy atom. The molecule has 0 bridgehead atoms. The molecule has 0 aromatic heterocycles. The summed E-state index contributed by atoms with van der Waals surface area (Å²) in [5, 5.41) is -0.670. The van der Waals surface area contributed by atoms with Crippen LogP contribution in [-0.4, -0.2) is 11.3 Å². The van der Waals surface area contributed by atoms with E-state index in [4.69, 9.17) is 44.3 Å². The molecular formula is C20H11Cl3F4O3. The van der Waals surface area contributed by atoms with Gasteiger partial charge in [-0.1, -0.05) is 35.3 Å². The maximum atomic E-state index is 14.1. The van der Waals surface area contributed by atoms with E-state index in [-0.39, 0.29) is 5.75 Å². The molecule has 1 unspecified atom stereocenters. The van der Waals surface area contributed by atoms with Gasteiger partial charge in [0.2, 0.25) is 0 Å². The van der Waals surface area contributed by atoms with Crippen molar-refractivity contribution >= 4 is 50.8 Å². The smallest absolute Gasteiger partial charge is 0.419 e. The molecule has 10 heteroatoms. The van der Waals surface area contributed by atoms with E-state index >= 15 is 0 Å². The maximum absolute atomic E-state index is 14.1. The van der Waals surface area contributed by atoms with Crippen molar-refractivity contribution in [2.45, 2.75) is 19.2 Å². The third kappa shape index (κ3) is 4.74. The van der Waals surface area contributed by atoms with Crippen molar-refractivity contribution in [3.8, 4) is 17.2 Å². The second-order valence-electron chi connectivity index (χ2n) is 6.20. The summed E-state index contributed by atoms with van der Waals surface area (Å²) in [7, 11) is 0. The first-order valence-corrected chi connectivity index (χ1v) is 9.43. The van der Waals surface area contributed by atoms with Crippen LogP contribution in [0.4, 0.5) is 17.6 Å². The summed E-state index contributed by atoms with van der Waals surface area (Å²) < 4.78 is 63.6. The molecule has 0 aliphatic carbocycles. The molecule has 0 fully saturated rings. The normalized spacial score (nSPS) is 12.7. The largest absolute Gasteiger partial charge is 0.482 e. The van der Waals surface area contributed by atoms with Gasteiger partial charge >= 0.3 is 6.18 Å². The summed E-state index contributed by atoms with van der Waals surface area (Å²) in [6.07, 6.45) is -5.83. The summed E-state index contributed by atoms with van der Waals surface area (Å²) in [6.45, 7) is 1.49. The van der Waals surface area contributed by atoms with Crippen LogP contribution in [0.25, 0.3) is 10.8 Å². The number of halogens is 7. The topological polar surface area (TPSA) is 35.5 Å². The Morgan fingerprint density at radius 1 is 1.00 bits per heavy atom. The van der Waals surface area contributed by atoms with E-state index in [1.54, 1.807) is 24.3 Å². The molecule has 0 amide bonds. The van der Waals surface area contributed by atoms with Crippen LogP contribution in [0.5, 0.6) is 17.2 Å². The van der Waals surface area contributed by atoms with Crippen molar-refractivity contribution in [1.82, 2.24) is 0 Å². The average Bonchev–Trinajstić information content (AvgIpc) is 2.66. The van der Waals surface area contributed by atoms with Gasteiger partial charge in [-0.2, -0.15) is 13.2 Å². The summed E-state index contributed by atoms with van der Waals surface area (Å²) in [5.74, 6) is -1.63. The minimum atomic E-state index is -4.96. The molecule has 0 heterocycles. The Labute approximate surface area is 183 Å².